The Labute approximate surface area is 112 Å². The second kappa shape index (κ2) is 10.9. The van der Waals surface area contributed by atoms with Crippen LogP contribution in [0.3, 0.4) is 0 Å². The average molecular weight is 279 g/mol. The van der Waals surface area contributed by atoms with Gasteiger partial charge in [0.15, 0.2) is 0 Å². The largest absolute Gasteiger partial charge is 0.501 e. The maximum Gasteiger partial charge on any atom is 0.501 e. The van der Waals surface area contributed by atoms with Crippen LogP contribution in [0.5, 0.6) is 0 Å². The van der Waals surface area contributed by atoms with E-state index in [4.69, 9.17) is 24.7 Å². The van der Waals surface area contributed by atoms with E-state index in [1.807, 2.05) is 20.8 Å². The lowest BCUT2D eigenvalue weighted by molar-refractivity contribution is 0.0407. The average Bonchev–Trinajstić information content (AvgIpc) is 2.35. The van der Waals surface area contributed by atoms with E-state index in [0.29, 0.717) is 26.4 Å². The fourth-order valence-electron chi connectivity index (χ4n) is 1.64. The van der Waals surface area contributed by atoms with Crippen molar-refractivity contribution < 1.29 is 13.3 Å². The van der Waals surface area contributed by atoms with Gasteiger partial charge in [-0.1, -0.05) is 0 Å². The van der Waals surface area contributed by atoms with Crippen LogP contribution in [0, 0.1) is 0 Å². The molecule has 0 fully saturated rings. The molecule has 1 atom stereocenters. The molecule has 18 heavy (non-hydrogen) atoms. The SMILES string of the molecule is CCO[Si](CCCNCN)(OCC)OC(C)CN. The molecule has 7 heteroatoms. The summed E-state index contributed by atoms with van der Waals surface area (Å²) in [5.74, 6) is 0. The standard InChI is InChI=1S/C11H29N3O3Si/c1-4-15-18(16-5-2,17-11(3)9-12)8-6-7-14-10-13/h11,14H,4-10,12-13H2,1-3H3. The fraction of sp³-hybridized carbons (Fsp3) is 1.00. The molecule has 5 N–H and O–H groups in total. The zero-order valence-corrected chi connectivity index (χ0v) is 12.9. The first-order valence-electron chi connectivity index (χ1n) is 6.70. The lowest BCUT2D eigenvalue weighted by Gasteiger charge is -2.31. The smallest absolute Gasteiger partial charge is 0.374 e. The van der Waals surface area contributed by atoms with E-state index in [0.717, 1.165) is 19.0 Å². The van der Waals surface area contributed by atoms with Crippen LogP contribution in [0.1, 0.15) is 27.2 Å². The van der Waals surface area contributed by atoms with Crippen LogP contribution in [-0.2, 0) is 13.3 Å². The molecule has 0 heterocycles. The highest BCUT2D eigenvalue weighted by Crippen LogP contribution is 2.19. The highest BCUT2D eigenvalue weighted by Gasteiger charge is 2.41. The van der Waals surface area contributed by atoms with Crippen molar-refractivity contribution in [2.75, 3.05) is 33.0 Å². The van der Waals surface area contributed by atoms with Gasteiger partial charge in [0.25, 0.3) is 0 Å². The van der Waals surface area contributed by atoms with Crippen LogP contribution < -0.4 is 16.8 Å². The second-order valence-corrected chi connectivity index (χ2v) is 6.70. The molecule has 0 radical (unpaired) electrons. The van der Waals surface area contributed by atoms with E-state index in [1.165, 1.54) is 0 Å². The molecule has 0 rings (SSSR count). The molecule has 0 aliphatic heterocycles. The van der Waals surface area contributed by atoms with Gasteiger partial charge in [0, 0.05) is 32.5 Å². The summed E-state index contributed by atoms with van der Waals surface area (Å²) in [5.41, 5.74) is 11.0. The molecule has 0 amide bonds. The molecule has 0 saturated heterocycles. The highest BCUT2D eigenvalue weighted by atomic mass is 28.4. The van der Waals surface area contributed by atoms with E-state index in [9.17, 15) is 0 Å². The third-order valence-corrected chi connectivity index (χ3v) is 5.61. The minimum Gasteiger partial charge on any atom is -0.374 e. The van der Waals surface area contributed by atoms with Crippen molar-refractivity contribution in [3.05, 3.63) is 0 Å². The summed E-state index contributed by atoms with van der Waals surface area (Å²) in [4.78, 5) is 0. The first-order chi connectivity index (χ1) is 8.64. The van der Waals surface area contributed by atoms with Gasteiger partial charge in [-0.2, -0.15) is 0 Å². The summed E-state index contributed by atoms with van der Waals surface area (Å²) < 4.78 is 17.6. The molecule has 0 aliphatic carbocycles. The summed E-state index contributed by atoms with van der Waals surface area (Å²) in [6.45, 7) is 8.82. The van der Waals surface area contributed by atoms with Gasteiger partial charge < -0.3 is 30.1 Å². The summed E-state index contributed by atoms with van der Waals surface area (Å²) in [5, 5.41) is 3.08. The van der Waals surface area contributed by atoms with Crippen molar-refractivity contribution in [2.45, 2.75) is 39.3 Å². The van der Waals surface area contributed by atoms with Crippen LogP contribution in [0.15, 0.2) is 0 Å². The molecule has 0 saturated carbocycles. The van der Waals surface area contributed by atoms with Crippen molar-refractivity contribution in [2.24, 2.45) is 11.5 Å². The van der Waals surface area contributed by atoms with Crippen molar-refractivity contribution in [1.29, 1.82) is 0 Å². The van der Waals surface area contributed by atoms with Crippen molar-refractivity contribution in [1.82, 2.24) is 5.32 Å². The fourth-order valence-corrected chi connectivity index (χ4v) is 4.46. The van der Waals surface area contributed by atoms with Crippen LogP contribution in [-0.4, -0.2) is 47.9 Å². The molecule has 1 unspecified atom stereocenters. The van der Waals surface area contributed by atoms with Crippen LogP contribution in [0.2, 0.25) is 6.04 Å². The highest BCUT2D eigenvalue weighted by molar-refractivity contribution is 6.60. The topological polar surface area (TPSA) is 91.8 Å². The second-order valence-electron chi connectivity index (χ2n) is 4.02. The van der Waals surface area contributed by atoms with Gasteiger partial charge in [0.1, 0.15) is 0 Å². The van der Waals surface area contributed by atoms with Crippen LogP contribution >= 0.6 is 0 Å². The van der Waals surface area contributed by atoms with E-state index < -0.39 is 8.80 Å². The van der Waals surface area contributed by atoms with Crippen molar-refractivity contribution in [3.8, 4) is 0 Å². The van der Waals surface area contributed by atoms with Gasteiger partial charge in [-0.25, -0.2) is 0 Å². The number of hydrogen-bond donors (Lipinski definition) is 3. The Bertz CT molecular complexity index is 192. The molecular weight excluding hydrogens is 250 g/mol. The monoisotopic (exact) mass is 279 g/mol. The van der Waals surface area contributed by atoms with Crippen molar-refractivity contribution >= 4 is 8.80 Å². The summed E-state index contributed by atoms with van der Waals surface area (Å²) in [6.07, 6.45) is 0.873. The first kappa shape index (κ1) is 18.0. The Morgan fingerprint density at radius 3 is 2.22 bits per heavy atom. The van der Waals surface area contributed by atoms with E-state index in [-0.39, 0.29) is 6.10 Å². The molecule has 0 aliphatic rings. The minimum absolute atomic E-state index is 0.0442. The summed E-state index contributed by atoms with van der Waals surface area (Å²) >= 11 is 0. The van der Waals surface area contributed by atoms with Gasteiger partial charge in [-0.3, -0.25) is 0 Å². The maximum absolute atomic E-state index is 5.96. The Kier molecular flexibility index (Phi) is 10.8. The molecule has 0 spiro atoms. The molecule has 0 aromatic heterocycles. The zero-order chi connectivity index (χ0) is 13.9. The van der Waals surface area contributed by atoms with Gasteiger partial charge in [-0.15, -0.1) is 0 Å². The molecule has 0 bridgehead atoms. The first-order valence-corrected chi connectivity index (χ1v) is 8.63. The Morgan fingerprint density at radius 1 is 1.17 bits per heavy atom. The van der Waals surface area contributed by atoms with E-state index in [2.05, 4.69) is 5.32 Å². The van der Waals surface area contributed by atoms with Crippen LogP contribution in [0.25, 0.3) is 0 Å². The quantitative estimate of drug-likeness (QED) is 0.270. The number of nitrogens with two attached hydrogens (primary N) is 2. The number of hydrogen-bond acceptors (Lipinski definition) is 6. The molecule has 110 valence electrons. The molecule has 6 nitrogen and oxygen atoms in total. The zero-order valence-electron chi connectivity index (χ0n) is 11.9. The lowest BCUT2D eigenvalue weighted by Crippen LogP contribution is -2.49. The third kappa shape index (κ3) is 7.42. The van der Waals surface area contributed by atoms with Crippen molar-refractivity contribution in [3.63, 3.8) is 0 Å². The Morgan fingerprint density at radius 2 is 1.78 bits per heavy atom. The molecular formula is C11H29N3O3Si. The number of rotatable bonds is 12. The third-order valence-electron chi connectivity index (χ3n) is 2.42. The van der Waals surface area contributed by atoms with Gasteiger partial charge in [-0.05, 0) is 33.7 Å². The van der Waals surface area contributed by atoms with Gasteiger partial charge in [0.05, 0.1) is 6.10 Å². The Hall–Kier alpha value is -0.0231. The molecule has 0 aromatic carbocycles. The normalized spacial score (nSPS) is 13.8. The molecule has 0 aromatic rings. The summed E-state index contributed by atoms with van der Waals surface area (Å²) in [7, 11) is -2.59. The Balaban J connectivity index is 4.41. The van der Waals surface area contributed by atoms with E-state index in [1.54, 1.807) is 0 Å². The maximum atomic E-state index is 5.96. The van der Waals surface area contributed by atoms with E-state index >= 15 is 0 Å². The van der Waals surface area contributed by atoms with Gasteiger partial charge in [0.2, 0.25) is 0 Å². The number of nitrogens with one attached hydrogen (secondary N) is 1. The predicted molar refractivity (Wildman–Crippen MR) is 75.1 cm³/mol. The predicted octanol–water partition coefficient (Wildman–Crippen LogP) is 0.258. The summed E-state index contributed by atoms with van der Waals surface area (Å²) in [6, 6.07) is 0.784. The van der Waals surface area contributed by atoms with Crippen LogP contribution in [0.4, 0.5) is 0 Å². The van der Waals surface area contributed by atoms with Gasteiger partial charge >= 0.3 is 8.80 Å². The minimum atomic E-state index is -2.59. The lowest BCUT2D eigenvalue weighted by atomic mass is 10.4.